The van der Waals surface area contributed by atoms with E-state index in [1.165, 1.54) is 0 Å². The Balaban J connectivity index is 2.06. The van der Waals surface area contributed by atoms with Crippen LogP contribution in [0.4, 0.5) is 0 Å². The van der Waals surface area contributed by atoms with E-state index >= 15 is 0 Å². The number of amides is 1. The topological polar surface area (TPSA) is 65.1 Å². The van der Waals surface area contributed by atoms with Gasteiger partial charge in [0, 0.05) is 16.5 Å². The number of carbonyl (C=O) groups excluding carboxylic acids is 1. The number of benzene rings is 2. The molecule has 3 aromatic rings. The molecular weight excluding hydrogens is 296 g/mol. The van der Waals surface area contributed by atoms with E-state index in [-0.39, 0.29) is 11.0 Å². The molecule has 5 heteroatoms. The summed E-state index contributed by atoms with van der Waals surface area (Å²) in [7, 11) is 0. The largest absolute Gasteiger partial charge is 0.365 e. The molecule has 0 unspecified atom stereocenters. The van der Waals surface area contributed by atoms with Crippen LogP contribution in [0.5, 0.6) is 0 Å². The summed E-state index contributed by atoms with van der Waals surface area (Å²) in [4.78, 5) is 24.9. The lowest BCUT2D eigenvalue weighted by Crippen LogP contribution is -2.24. The molecule has 2 N–H and O–H groups in total. The van der Waals surface area contributed by atoms with Gasteiger partial charge in [-0.3, -0.25) is 9.59 Å². The van der Waals surface area contributed by atoms with Crippen LogP contribution in [0.15, 0.2) is 70.5 Å². The van der Waals surface area contributed by atoms with E-state index in [1.807, 2.05) is 47.0 Å². The molecule has 0 spiro atoms. The van der Waals surface area contributed by atoms with Crippen LogP contribution in [0, 0.1) is 0 Å². The van der Waals surface area contributed by atoms with Crippen LogP contribution >= 0.6 is 11.8 Å². The van der Waals surface area contributed by atoms with E-state index in [4.69, 9.17) is 5.73 Å². The van der Waals surface area contributed by atoms with Crippen LogP contribution in [0.2, 0.25) is 0 Å². The van der Waals surface area contributed by atoms with Gasteiger partial charge in [0.25, 0.3) is 5.91 Å². The Kier molecular flexibility index (Phi) is 3.98. The SMILES string of the molecule is NC(=O)c1cn(CSc2ccccc2)c2ccccc2c1=O. The third kappa shape index (κ3) is 2.76. The maximum absolute atomic E-state index is 12.3. The monoisotopic (exact) mass is 310 g/mol. The maximum atomic E-state index is 12.3. The fourth-order valence-corrected chi connectivity index (χ4v) is 3.14. The molecule has 0 fully saturated rings. The molecule has 4 nitrogen and oxygen atoms in total. The van der Waals surface area contributed by atoms with Gasteiger partial charge in [-0.1, -0.05) is 30.3 Å². The fourth-order valence-electron chi connectivity index (χ4n) is 2.29. The van der Waals surface area contributed by atoms with Gasteiger partial charge in [-0.2, -0.15) is 0 Å². The van der Waals surface area contributed by atoms with Crippen LogP contribution in [0.25, 0.3) is 10.9 Å². The van der Waals surface area contributed by atoms with Gasteiger partial charge in [0.05, 0.1) is 11.4 Å². The second-order valence-electron chi connectivity index (χ2n) is 4.81. The number of thioether (sulfide) groups is 1. The lowest BCUT2D eigenvalue weighted by atomic mass is 10.1. The number of aromatic nitrogens is 1. The average Bonchev–Trinajstić information content (AvgIpc) is 2.55. The molecule has 0 bridgehead atoms. The summed E-state index contributed by atoms with van der Waals surface area (Å²) in [6.45, 7) is 0. The van der Waals surface area contributed by atoms with Gasteiger partial charge in [-0.15, -0.1) is 11.8 Å². The van der Waals surface area contributed by atoms with E-state index in [0.29, 0.717) is 11.3 Å². The number of nitrogens with zero attached hydrogens (tertiary/aromatic N) is 1. The maximum Gasteiger partial charge on any atom is 0.254 e. The minimum absolute atomic E-state index is 0.0207. The Bertz CT molecular complexity index is 888. The molecule has 3 rings (SSSR count). The number of rotatable bonds is 4. The highest BCUT2D eigenvalue weighted by Gasteiger charge is 2.12. The molecule has 2 aromatic carbocycles. The van der Waals surface area contributed by atoms with Crippen molar-refractivity contribution in [2.75, 3.05) is 0 Å². The molecule has 0 atom stereocenters. The molecule has 1 amide bonds. The molecule has 0 aliphatic carbocycles. The molecule has 0 aliphatic heterocycles. The number of hydrogen-bond acceptors (Lipinski definition) is 3. The summed E-state index contributed by atoms with van der Waals surface area (Å²) in [5.41, 5.74) is 5.82. The number of para-hydroxylation sites is 1. The second-order valence-corrected chi connectivity index (χ2v) is 5.83. The Morgan fingerprint density at radius 2 is 1.73 bits per heavy atom. The van der Waals surface area contributed by atoms with Crippen LogP contribution in [-0.4, -0.2) is 10.5 Å². The van der Waals surface area contributed by atoms with E-state index < -0.39 is 5.91 Å². The van der Waals surface area contributed by atoms with Crippen LogP contribution in [0.1, 0.15) is 10.4 Å². The van der Waals surface area contributed by atoms with Crippen molar-refractivity contribution < 1.29 is 4.79 Å². The van der Waals surface area contributed by atoms with E-state index in [9.17, 15) is 9.59 Å². The minimum Gasteiger partial charge on any atom is -0.365 e. The first-order chi connectivity index (χ1) is 10.7. The zero-order valence-electron chi connectivity index (χ0n) is 11.7. The quantitative estimate of drug-likeness (QED) is 0.754. The van der Waals surface area contributed by atoms with Crippen LogP contribution in [0.3, 0.4) is 0 Å². The Morgan fingerprint density at radius 1 is 1.05 bits per heavy atom. The van der Waals surface area contributed by atoms with Crippen molar-refractivity contribution in [1.82, 2.24) is 4.57 Å². The average molecular weight is 310 g/mol. The molecule has 1 aromatic heterocycles. The third-order valence-electron chi connectivity index (χ3n) is 3.37. The normalized spacial score (nSPS) is 10.7. The highest BCUT2D eigenvalue weighted by atomic mass is 32.2. The van der Waals surface area contributed by atoms with Crippen molar-refractivity contribution in [2.24, 2.45) is 5.73 Å². The summed E-state index contributed by atoms with van der Waals surface area (Å²) in [5.74, 6) is -0.111. The predicted octanol–water partition coefficient (Wildman–Crippen LogP) is 2.85. The van der Waals surface area contributed by atoms with Crippen molar-refractivity contribution in [2.45, 2.75) is 10.8 Å². The molecular formula is C17H14N2O2S. The molecule has 0 radical (unpaired) electrons. The molecule has 0 saturated carbocycles. The zero-order valence-corrected chi connectivity index (χ0v) is 12.5. The Labute approximate surface area is 131 Å². The third-order valence-corrected chi connectivity index (χ3v) is 4.38. The Morgan fingerprint density at radius 3 is 2.45 bits per heavy atom. The standard InChI is InChI=1S/C17H14N2O2S/c18-17(21)14-10-19(11-22-12-6-2-1-3-7-12)15-9-5-4-8-13(15)16(14)20/h1-10H,11H2,(H2,18,21). The summed E-state index contributed by atoms with van der Waals surface area (Å²) in [5, 5.41) is 0.507. The highest BCUT2D eigenvalue weighted by molar-refractivity contribution is 7.98. The van der Waals surface area contributed by atoms with Gasteiger partial charge in [0.1, 0.15) is 5.56 Å². The van der Waals surface area contributed by atoms with Crippen molar-refractivity contribution in [3.05, 3.63) is 76.6 Å². The van der Waals surface area contributed by atoms with Gasteiger partial charge in [-0.05, 0) is 24.3 Å². The number of hydrogen-bond donors (Lipinski definition) is 1. The minimum atomic E-state index is -0.700. The number of fused-ring (bicyclic) bond motifs is 1. The number of nitrogens with two attached hydrogens (primary N) is 1. The van der Waals surface area contributed by atoms with Crippen molar-refractivity contribution in [1.29, 1.82) is 0 Å². The van der Waals surface area contributed by atoms with E-state index in [0.717, 1.165) is 10.4 Å². The Hall–Kier alpha value is -2.53. The highest BCUT2D eigenvalue weighted by Crippen LogP contribution is 2.21. The first kappa shape index (κ1) is 14.4. The first-order valence-corrected chi connectivity index (χ1v) is 7.75. The summed E-state index contributed by atoms with van der Waals surface area (Å²) in [6, 6.07) is 17.2. The summed E-state index contributed by atoms with van der Waals surface area (Å²) < 4.78 is 1.88. The van der Waals surface area contributed by atoms with Gasteiger partial charge in [0.15, 0.2) is 0 Å². The molecule has 22 heavy (non-hydrogen) atoms. The van der Waals surface area contributed by atoms with Gasteiger partial charge in [0.2, 0.25) is 5.43 Å². The number of primary amides is 1. The van der Waals surface area contributed by atoms with E-state index in [1.54, 1.807) is 30.1 Å². The zero-order chi connectivity index (χ0) is 15.5. The van der Waals surface area contributed by atoms with Crippen LogP contribution in [-0.2, 0) is 5.88 Å². The van der Waals surface area contributed by atoms with Crippen molar-refractivity contribution in [3.63, 3.8) is 0 Å². The van der Waals surface area contributed by atoms with Gasteiger partial charge < -0.3 is 10.3 Å². The second kappa shape index (κ2) is 6.07. The summed E-state index contributed by atoms with van der Waals surface area (Å²) >= 11 is 1.62. The van der Waals surface area contributed by atoms with Crippen molar-refractivity contribution >= 4 is 28.6 Å². The predicted molar refractivity (Wildman–Crippen MR) is 89.0 cm³/mol. The van der Waals surface area contributed by atoms with Gasteiger partial charge >= 0.3 is 0 Å². The smallest absolute Gasteiger partial charge is 0.254 e. The first-order valence-electron chi connectivity index (χ1n) is 6.76. The van der Waals surface area contributed by atoms with Crippen LogP contribution < -0.4 is 11.2 Å². The fraction of sp³-hybridized carbons (Fsp3) is 0.0588. The molecule has 0 saturated heterocycles. The molecule has 0 aliphatic rings. The van der Waals surface area contributed by atoms with Gasteiger partial charge in [-0.25, -0.2) is 0 Å². The lowest BCUT2D eigenvalue weighted by molar-refractivity contribution is 0.0999. The lowest BCUT2D eigenvalue weighted by Gasteiger charge is -2.12. The number of pyridine rings is 1. The van der Waals surface area contributed by atoms with Crippen molar-refractivity contribution in [3.8, 4) is 0 Å². The van der Waals surface area contributed by atoms with E-state index in [2.05, 4.69) is 0 Å². The number of carbonyl (C=O) groups is 1. The summed E-state index contributed by atoms with van der Waals surface area (Å²) in [6.07, 6.45) is 1.54. The molecule has 1 heterocycles. The molecule has 110 valence electrons.